The van der Waals surface area contributed by atoms with Crippen molar-refractivity contribution in [3.63, 3.8) is 0 Å². The molecule has 0 amide bonds. The first-order valence-corrected chi connectivity index (χ1v) is 6.47. The second-order valence-corrected chi connectivity index (χ2v) is 4.78. The van der Waals surface area contributed by atoms with Crippen LogP contribution in [0.3, 0.4) is 0 Å². The van der Waals surface area contributed by atoms with E-state index in [1.165, 1.54) is 0 Å². The maximum Gasteiger partial charge on any atom is 0.102 e. The maximum absolute atomic E-state index is 9.58. The predicted octanol–water partition coefficient (Wildman–Crippen LogP) is 2.60. The van der Waals surface area contributed by atoms with Gasteiger partial charge in [0.1, 0.15) is 5.41 Å². The van der Waals surface area contributed by atoms with Gasteiger partial charge in [-0.3, -0.25) is 4.98 Å². The van der Waals surface area contributed by atoms with Crippen LogP contribution < -0.4 is 0 Å². The quantitative estimate of drug-likeness (QED) is 0.816. The molecule has 1 aromatic rings. The lowest BCUT2D eigenvalue weighted by Crippen LogP contribution is -2.42. The number of likely N-dealkylation sites (tertiary alicyclic amines) is 1. The van der Waals surface area contributed by atoms with E-state index in [2.05, 4.69) is 29.5 Å². The van der Waals surface area contributed by atoms with Gasteiger partial charge in [0.25, 0.3) is 0 Å². The third-order valence-electron chi connectivity index (χ3n) is 3.84. The van der Waals surface area contributed by atoms with Gasteiger partial charge in [0, 0.05) is 13.1 Å². The van der Waals surface area contributed by atoms with Crippen molar-refractivity contribution in [2.24, 2.45) is 0 Å². The van der Waals surface area contributed by atoms with E-state index in [0.29, 0.717) is 0 Å². The first-order chi connectivity index (χ1) is 8.74. The molecule has 0 unspecified atom stereocenters. The zero-order valence-corrected chi connectivity index (χ0v) is 10.9. The minimum Gasteiger partial charge on any atom is -0.303 e. The molecule has 2 heterocycles. The highest BCUT2D eigenvalue weighted by Crippen LogP contribution is 2.33. The van der Waals surface area contributed by atoms with Crippen molar-refractivity contribution < 1.29 is 0 Å². The van der Waals surface area contributed by atoms with Gasteiger partial charge in [-0.05, 0) is 37.6 Å². The van der Waals surface area contributed by atoms with Gasteiger partial charge in [0.2, 0.25) is 0 Å². The molecule has 1 aliphatic rings. The highest BCUT2D eigenvalue weighted by molar-refractivity contribution is 5.43. The smallest absolute Gasteiger partial charge is 0.102 e. The van der Waals surface area contributed by atoms with Gasteiger partial charge in [-0.25, -0.2) is 0 Å². The predicted molar refractivity (Wildman–Crippen MR) is 73.0 cm³/mol. The zero-order valence-electron chi connectivity index (χ0n) is 10.9. The standard InChI is InChI=1S/C15H19N3/c1-3-13-6-5-7-14(17-13)15(12-16)8-10-18(4-2)11-9-15/h3,5-7H,1,4,8-11H2,2H3. The second-order valence-electron chi connectivity index (χ2n) is 4.78. The number of nitriles is 1. The number of pyridine rings is 1. The summed E-state index contributed by atoms with van der Waals surface area (Å²) in [7, 11) is 0. The molecule has 0 aromatic carbocycles. The fourth-order valence-electron chi connectivity index (χ4n) is 2.51. The maximum atomic E-state index is 9.58. The van der Waals surface area contributed by atoms with Crippen molar-refractivity contribution in [2.45, 2.75) is 25.2 Å². The molecule has 0 saturated carbocycles. The summed E-state index contributed by atoms with van der Waals surface area (Å²) in [6.07, 6.45) is 3.46. The second kappa shape index (κ2) is 5.32. The van der Waals surface area contributed by atoms with E-state index in [4.69, 9.17) is 0 Å². The molecule has 2 rings (SSSR count). The van der Waals surface area contributed by atoms with E-state index < -0.39 is 5.41 Å². The molecule has 0 bridgehead atoms. The lowest BCUT2D eigenvalue weighted by molar-refractivity contribution is 0.192. The summed E-state index contributed by atoms with van der Waals surface area (Å²) < 4.78 is 0. The van der Waals surface area contributed by atoms with Crippen molar-refractivity contribution in [2.75, 3.05) is 19.6 Å². The molecule has 1 fully saturated rings. The van der Waals surface area contributed by atoms with Gasteiger partial charge in [-0.1, -0.05) is 19.6 Å². The third kappa shape index (κ3) is 2.30. The number of rotatable bonds is 3. The molecule has 3 heteroatoms. The molecule has 3 nitrogen and oxygen atoms in total. The summed E-state index contributed by atoms with van der Waals surface area (Å²) in [6.45, 7) is 8.91. The van der Waals surface area contributed by atoms with E-state index in [1.807, 2.05) is 18.2 Å². The fourth-order valence-corrected chi connectivity index (χ4v) is 2.51. The van der Waals surface area contributed by atoms with Crippen molar-refractivity contribution >= 4 is 6.08 Å². The summed E-state index contributed by atoms with van der Waals surface area (Å²) in [5, 5.41) is 9.58. The molecule has 0 aliphatic carbocycles. The molecule has 0 spiro atoms. The van der Waals surface area contributed by atoms with Crippen molar-refractivity contribution in [1.82, 2.24) is 9.88 Å². The zero-order chi connectivity index (χ0) is 13.0. The Morgan fingerprint density at radius 1 is 1.50 bits per heavy atom. The average molecular weight is 241 g/mol. The van der Waals surface area contributed by atoms with E-state index in [-0.39, 0.29) is 0 Å². The van der Waals surface area contributed by atoms with Crippen LogP contribution in [-0.4, -0.2) is 29.5 Å². The van der Waals surface area contributed by atoms with Crippen LogP contribution in [0.2, 0.25) is 0 Å². The lowest BCUT2D eigenvalue weighted by Gasteiger charge is -2.36. The largest absolute Gasteiger partial charge is 0.303 e. The van der Waals surface area contributed by atoms with Gasteiger partial charge in [-0.2, -0.15) is 5.26 Å². The highest BCUT2D eigenvalue weighted by atomic mass is 15.1. The normalized spacial score (nSPS) is 19.1. The highest BCUT2D eigenvalue weighted by Gasteiger charge is 2.37. The van der Waals surface area contributed by atoms with E-state index in [1.54, 1.807) is 6.08 Å². The number of nitrogens with zero attached hydrogens (tertiary/aromatic N) is 3. The van der Waals surface area contributed by atoms with Crippen LogP contribution in [0.1, 0.15) is 31.2 Å². The SMILES string of the molecule is C=Cc1cccc(C2(C#N)CCN(CC)CC2)n1. The first-order valence-electron chi connectivity index (χ1n) is 6.47. The van der Waals surface area contributed by atoms with Gasteiger partial charge in [0.05, 0.1) is 17.5 Å². The summed E-state index contributed by atoms with van der Waals surface area (Å²) in [6, 6.07) is 8.36. The Balaban J connectivity index is 2.28. The molecule has 18 heavy (non-hydrogen) atoms. The van der Waals surface area contributed by atoms with Crippen LogP contribution >= 0.6 is 0 Å². The molecule has 0 atom stereocenters. The fraction of sp³-hybridized carbons (Fsp3) is 0.467. The minimum atomic E-state index is -0.412. The minimum absolute atomic E-state index is 0.412. The Bertz CT molecular complexity index is 465. The number of hydrogen-bond acceptors (Lipinski definition) is 3. The summed E-state index contributed by atoms with van der Waals surface area (Å²) >= 11 is 0. The van der Waals surface area contributed by atoms with Gasteiger partial charge >= 0.3 is 0 Å². The molecule has 0 N–H and O–H groups in total. The molecule has 1 saturated heterocycles. The van der Waals surface area contributed by atoms with Crippen LogP contribution in [0.4, 0.5) is 0 Å². The van der Waals surface area contributed by atoms with Gasteiger partial charge in [-0.15, -0.1) is 0 Å². The Hall–Kier alpha value is -1.66. The van der Waals surface area contributed by atoms with Crippen molar-refractivity contribution in [1.29, 1.82) is 5.26 Å². The van der Waals surface area contributed by atoms with Crippen LogP contribution in [-0.2, 0) is 5.41 Å². The topological polar surface area (TPSA) is 39.9 Å². The average Bonchev–Trinajstić information content (AvgIpc) is 2.47. The summed E-state index contributed by atoms with van der Waals surface area (Å²) in [4.78, 5) is 6.93. The molecule has 94 valence electrons. The summed E-state index contributed by atoms with van der Waals surface area (Å²) in [5.74, 6) is 0. The Morgan fingerprint density at radius 3 is 2.78 bits per heavy atom. The molecular formula is C15H19N3. The molecular weight excluding hydrogens is 222 g/mol. The van der Waals surface area contributed by atoms with E-state index >= 15 is 0 Å². The summed E-state index contributed by atoms with van der Waals surface area (Å²) in [5.41, 5.74) is 1.34. The first kappa shape index (κ1) is 12.8. The van der Waals surface area contributed by atoms with Crippen LogP contribution in [0, 0.1) is 11.3 Å². The lowest BCUT2D eigenvalue weighted by atomic mass is 9.76. The molecule has 1 aromatic heterocycles. The van der Waals surface area contributed by atoms with Gasteiger partial charge in [0.15, 0.2) is 0 Å². The van der Waals surface area contributed by atoms with E-state index in [0.717, 1.165) is 43.9 Å². The molecule has 1 aliphatic heterocycles. The third-order valence-corrected chi connectivity index (χ3v) is 3.84. The van der Waals surface area contributed by atoms with Crippen molar-refractivity contribution in [3.05, 3.63) is 36.2 Å². The number of piperidine rings is 1. The van der Waals surface area contributed by atoms with Gasteiger partial charge < -0.3 is 4.90 Å². The van der Waals surface area contributed by atoms with Crippen molar-refractivity contribution in [3.8, 4) is 6.07 Å². The number of hydrogen-bond donors (Lipinski definition) is 0. The monoisotopic (exact) mass is 241 g/mol. The molecule has 0 radical (unpaired) electrons. The number of aromatic nitrogens is 1. The van der Waals surface area contributed by atoms with E-state index in [9.17, 15) is 5.26 Å². The Labute approximate surface area is 109 Å². The Kier molecular flexibility index (Phi) is 3.78. The van der Waals surface area contributed by atoms with Crippen LogP contribution in [0.15, 0.2) is 24.8 Å². The Morgan fingerprint density at radius 2 is 2.22 bits per heavy atom. The van der Waals surface area contributed by atoms with Crippen LogP contribution in [0.25, 0.3) is 6.08 Å². The van der Waals surface area contributed by atoms with Crippen LogP contribution in [0.5, 0.6) is 0 Å².